The molecule has 1 heterocycles. The Kier molecular flexibility index (Phi) is 8.86. The highest BCUT2D eigenvalue weighted by Crippen LogP contribution is 2.18. The molecule has 0 aliphatic rings. The molecule has 0 amide bonds. The molecule has 3 aromatic rings. The second-order valence-corrected chi connectivity index (χ2v) is 8.72. The van der Waals surface area contributed by atoms with E-state index in [0.717, 1.165) is 43.1 Å². The number of allylic oxidation sites excluding steroid dienone is 6. The molecule has 0 aliphatic carbocycles. The van der Waals surface area contributed by atoms with E-state index >= 15 is 0 Å². The van der Waals surface area contributed by atoms with Crippen molar-refractivity contribution in [1.82, 2.24) is 0 Å². The minimum Gasteiger partial charge on any atom is -0.423 e. The van der Waals surface area contributed by atoms with E-state index in [1.807, 2.05) is 36.4 Å². The summed E-state index contributed by atoms with van der Waals surface area (Å²) in [5, 5.41) is 0.972. The van der Waals surface area contributed by atoms with Crippen LogP contribution in [0.2, 0.25) is 0 Å². The highest BCUT2D eigenvalue weighted by molar-refractivity contribution is 5.77. The summed E-state index contributed by atoms with van der Waals surface area (Å²) in [6.45, 7) is 6.49. The van der Waals surface area contributed by atoms with Gasteiger partial charge in [-0.25, -0.2) is 4.79 Å². The van der Waals surface area contributed by atoms with Crippen LogP contribution in [0.1, 0.15) is 63.1 Å². The van der Waals surface area contributed by atoms with Gasteiger partial charge in [0.2, 0.25) is 0 Å². The second kappa shape index (κ2) is 12.0. The van der Waals surface area contributed by atoms with Gasteiger partial charge in [0.05, 0.1) is 0 Å². The van der Waals surface area contributed by atoms with Crippen LogP contribution in [0.15, 0.2) is 99.3 Å². The molecule has 32 heavy (non-hydrogen) atoms. The summed E-state index contributed by atoms with van der Waals surface area (Å²) < 4.78 is 5.63. The third-order valence-corrected chi connectivity index (χ3v) is 5.55. The zero-order chi connectivity index (χ0) is 22.8. The van der Waals surface area contributed by atoms with Crippen LogP contribution in [0.4, 0.5) is 0 Å². The quantitative estimate of drug-likeness (QED) is 0.187. The molecule has 0 atom stereocenters. The van der Waals surface area contributed by atoms with Crippen molar-refractivity contribution in [2.45, 2.75) is 59.3 Å². The summed E-state index contributed by atoms with van der Waals surface area (Å²) in [4.78, 5) is 12.4. The first-order chi connectivity index (χ1) is 15.5. The summed E-state index contributed by atoms with van der Waals surface area (Å²) in [5.74, 6) is 0. The van der Waals surface area contributed by atoms with Crippen LogP contribution < -0.4 is 5.63 Å². The predicted octanol–water partition coefficient (Wildman–Crippen LogP) is 7.96. The maximum Gasteiger partial charge on any atom is 0.339 e. The molecule has 0 saturated heterocycles. The molecule has 0 radical (unpaired) electrons. The van der Waals surface area contributed by atoms with Crippen molar-refractivity contribution in [2.75, 3.05) is 0 Å². The zero-order valence-electron chi connectivity index (χ0n) is 19.6. The summed E-state index contributed by atoms with van der Waals surface area (Å²) in [6.07, 6.45) is 14.5. The molecular formula is C30H34O2. The lowest BCUT2D eigenvalue weighted by atomic mass is 10.0. The van der Waals surface area contributed by atoms with E-state index < -0.39 is 0 Å². The van der Waals surface area contributed by atoms with Gasteiger partial charge >= 0.3 is 5.63 Å². The van der Waals surface area contributed by atoms with E-state index in [9.17, 15) is 4.79 Å². The highest BCUT2D eigenvalue weighted by Gasteiger charge is 2.06. The van der Waals surface area contributed by atoms with E-state index in [1.54, 1.807) is 0 Å². The molecule has 0 fully saturated rings. The van der Waals surface area contributed by atoms with E-state index in [4.69, 9.17) is 4.42 Å². The number of unbranched alkanes of at least 4 members (excludes halogenated alkanes) is 1. The normalized spacial score (nSPS) is 11.9. The minimum atomic E-state index is -0.242. The first-order valence-corrected chi connectivity index (χ1v) is 11.5. The van der Waals surface area contributed by atoms with Crippen molar-refractivity contribution in [3.8, 4) is 0 Å². The molecule has 0 saturated carbocycles. The van der Waals surface area contributed by atoms with Gasteiger partial charge in [-0.15, -0.1) is 0 Å². The van der Waals surface area contributed by atoms with Gasteiger partial charge in [-0.2, -0.15) is 0 Å². The Bertz CT molecular complexity index is 1160. The molecule has 0 unspecified atom stereocenters. The van der Waals surface area contributed by atoms with Crippen LogP contribution in [0.3, 0.4) is 0 Å². The summed E-state index contributed by atoms with van der Waals surface area (Å²) in [6, 6.07) is 18.4. The van der Waals surface area contributed by atoms with Crippen LogP contribution in [-0.4, -0.2) is 0 Å². The Hall–Kier alpha value is -3.13. The lowest BCUT2D eigenvalue weighted by Gasteiger charge is -2.05. The van der Waals surface area contributed by atoms with E-state index in [0.29, 0.717) is 17.6 Å². The summed E-state index contributed by atoms with van der Waals surface area (Å²) >= 11 is 0. The van der Waals surface area contributed by atoms with Gasteiger partial charge in [0, 0.05) is 10.9 Å². The number of benzene rings is 2. The number of fused-ring (bicyclic) bond motifs is 1. The maximum atomic E-state index is 12.4. The molecule has 0 bridgehead atoms. The molecule has 2 heteroatoms. The standard InChI is InChI=1S/C30H34O2/c1-23(2)12-11-14-24(3)13-7-4-5-10-17-28-22-27-19-18-26(21-29(27)32-30(28)31)20-25-15-8-6-9-16-25/h5-6,8-10,12-13,15-16,18-19,21-22H,4,7,11,14,17,20H2,1-3H3/b10-5+,24-13-. The molecular weight excluding hydrogens is 392 g/mol. The van der Waals surface area contributed by atoms with Crippen molar-refractivity contribution in [3.05, 3.63) is 117 Å². The topological polar surface area (TPSA) is 30.2 Å². The van der Waals surface area contributed by atoms with Crippen LogP contribution >= 0.6 is 0 Å². The van der Waals surface area contributed by atoms with Gasteiger partial charge in [-0.3, -0.25) is 0 Å². The fourth-order valence-electron chi connectivity index (χ4n) is 3.73. The van der Waals surface area contributed by atoms with Crippen LogP contribution in [0.5, 0.6) is 0 Å². The Morgan fingerprint density at radius 1 is 0.844 bits per heavy atom. The van der Waals surface area contributed by atoms with E-state index in [1.165, 1.54) is 16.7 Å². The molecule has 0 aliphatic heterocycles. The van der Waals surface area contributed by atoms with E-state index in [-0.39, 0.29) is 5.63 Å². The average Bonchev–Trinajstić information content (AvgIpc) is 2.77. The molecule has 1 aromatic heterocycles. The van der Waals surface area contributed by atoms with Gasteiger partial charge in [0.25, 0.3) is 0 Å². The van der Waals surface area contributed by atoms with Gasteiger partial charge < -0.3 is 4.42 Å². The van der Waals surface area contributed by atoms with Crippen LogP contribution in [0.25, 0.3) is 11.0 Å². The molecule has 3 rings (SSSR count). The number of hydrogen-bond donors (Lipinski definition) is 0. The van der Waals surface area contributed by atoms with Crippen molar-refractivity contribution in [2.24, 2.45) is 0 Å². The van der Waals surface area contributed by atoms with Crippen molar-refractivity contribution in [3.63, 3.8) is 0 Å². The van der Waals surface area contributed by atoms with Gasteiger partial charge in [0.15, 0.2) is 0 Å². The van der Waals surface area contributed by atoms with Crippen LogP contribution in [0, 0.1) is 0 Å². The molecule has 2 aromatic carbocycles. The number of hydrogen-bond acceptors (Lipinski definition) is 2. The first kappa shape index (κ1) is 23.5. The van der Waals surface area contributed by atoms with Crippen LogP contribution in [-0.2, 0) is 12.8 Å². The molecule has 166 valence electrons. The zero-order valence-corrected chi connectivity index (χ0v) is 19.6. The SMILES string of the molecule is CC(C)=CCC/C(C)=C\CC/C=C/Cc1cc2ccc(Cc3ccccc3)cc2oc1=O. The fourth-order valence-corrected chi connectivity index (χ4v) is 3.73. The third-order valence-electron chi connectivity index (χ3n) is 5.55. The third kappa shape index (κ3) is 7.53. The lowest BCUT2D eigenvalue weighted by Crippen LogP contribution is -2.06. The Morgan fingerprint density at radius 3 is 2.44 bits per heavy atom. The van der Waals surface area contributed by atoms with Gasteiger partial charge in [-0.05, 0) is 82.6 Å². The number of rotatable bonds is 10. The Labute approximate surface area is 192 Å². The Morgan fingerprint density at radius 2 is 1.66 bits per heavy atom. The largest absolute Gasteiger partial charge is 0.423 e. The average molecular weight is 427 g/mol. The van der Waals surface area contributed by atoms with Crippen molar-refractivity contribution < 1.29 is 4.42 Å². The smallest absolute Gasteiger partial charge is 0.339 e. The second-order valence-electron chi connectivity index (χ2n) is 8.72. The lowest BCUT2D eigenvalue weighted by molar-refractivity contribution is 0.552. The maximum absolute atomic E-state index is 12.4. The van der Waals surface area contributed by atoms with Crippen molar-refractivity contribution >= 4 is 11.0 Å². The Balaban J connectivity index is 1.55. The molecule has 0 N–H and O–H groups in total. The summed E-state index contributed by atoms with van der Waals surface area (Å²) in [5.41, 5.74) is 6.33. The van der Waals surface area contributed by atoms with Crippen molar-refractivity contribution in [1.29, 1.82) is 0 Å². The fraction of sp³-hybridized carbons (Fsp3) is 0.300. The molecule has 2 nitrogen and oxygen atoms in total. The van der Waals surface area contributed by atoms with Gasteiger partial charge in [0.1, 0.15) is 5.58 Å². The minimum absolute atomic E-state index is 0.242. The van der Waals surface area contributed by atoms with Gasteiger partial charge in [-0.1, -0.05) is 77.9 Å². The van der Waals surface area contributed by atoms with E-state index in [2.05, 4.69) is 63.3 Å². The molecule has 0 spiro atoms. The predicted molar refractivity (Wildman–Crippen MR) is 136 cm³/mol. The monoisotopic (exact) mass is 426 g/mol. The highest BCUT2D eigenvalue weighted by atomic mass is 16.4. The first-order valence-electron chi connectivity index (χ1n) is 11.5. The summed E-state index contributed by atoms with van der Waals surface area (Å²) in [7, 11) is 0.